The zero-order valence-electron chi connectivity index (χ0n) is 10.6. The van der Waals surface area contributed by atoms with Gasteiger partial charge in [-0.05, 0) is 34.1 Å². The average molecular weight is 338 g/mol. The van der Waals surface area contributed by atoms with E-state index in [9.17, 15) is 4.79 Å². The molecule has 0 saturated heterocycles. The lowest BCUT2D eigenvalue weighted by molar-refractivity contribution is 0.0698. The summed E-state index contributed by atoms with van der Waals surface area (Å²) >= 11 is 3.39. The summed E-state index contributed by atoms with van der Waals surface area (Å²) in [6.07, 6.45) is 1.39. The number of aromatic carboxylic acids is 1. The lowest BCUT2D eigenvalue weighted by atomic mass is 10.2. The van der Waals surface area contributed by atoms with Crippen LogP contribution < -0.4 is 15.8 Å². The number of methoxy groups -OCH3 is 1. The van der Waals surface area contributed by atoms with Crippen LogP contribution in [-0.2, 0) is 0 Å². The number of nitrogen functional groups attached to an aromatic ring is 1. The van der Waals surface area contributed by atoms with Gasteiger partial charge in [0.25, 0.3) is 0 Å². The summed E-state index contributed by atoms with van der Waals surface area (Å²) in [7, 11) is 1.56. The molecule has 0 amide bonds. The second-order valence-electron chi connectivity index (χ2n) is 3.90. The van der Waals surface area contributed by atoms with E-state index in [-0.39, 0.29) is 17.1 Å². The second-order valence-corrected chi connectivity index (χ2v) is 4.75. The van der Waals surface area contributed by atoms with Crippen molar-refractivity contribution in [2.24, 2.45) is 0 Å². The molecule has 0 spiro atoms. The van der Waals surface area contributed by atoms with Crippen LogP contribution in [0.1, 0.15) is 10.4 Å². The zero-order valence-corrected chi connectivity index (χ0v) is 12.1. The van der Waals surface area contributed by atoms with Crippen LogP contribution in [-0.4, -0.2) is 23.2 Å². The van der Waals surface area contributed by atoms with Crippen LogP contribution >= 0.6 is 15.9 Å². The van der Waals surface area contributed by atoms with E-state index in [0.29, 0.717) is 11.4 Å². The van der Waals surface area contributed by atoms with E-state index in [4.69, 9.17) is 15.6 Å². The molecule has 20 heavy (non-hydrogen) atoms. The van der Waals surface area contributed by atoms with Gasteiger partial charge in [-0.3, -0.25) is 0 Å². The zero-order chi connectivity index (χ0) is 14.7. The smallest absolute Gasteiger partial charge is 0.337 e. The van der Waals surface area contributed by atoms with Crippen LogP contribution in [0.5, 0.6) is 5.75 Å². The lowest BCUT2D eigenvalue weighted by Gasteiger charge is -2.12. The third-order valence-electron chi connectivity index (χ3n) is 2.65. The molecule has 104 valence electrons. The molecule has 7 heteroatoms. The number of ether oxygens (including phenoxy) is 1. The van der Waals surface area contributed by atoms with E-state index < -0.39 is 5.97 Å². The van der Waals surface area contributed by atoms with Crippen LogP contribution in [0, 0.1) is 0 Å². The largest absolute Gasteiger partial charge is 0.497 e. The van der Waals surface area contributed by atoms with Gasteiger partial charge in [0.2, 0.25) is 0 Å². The Morgan fingerprint density at radius 2 is 2.20 bits per heavy atom. The Kier molecular flexibility index (Phi) is 4.09. The Bertz CT molecular complexity index is 661. The van der Waals surface area contributed by atoms with Gasteiger partial charge in [-0.15, -0.1) is 0 Å². The molecular weight excluding hydrogens is 326 g/mol. The van der Waals surface area contributed by atoms with Gasteiger partial charge in [-0.2, -0.15) is 0 Å². The van der Waals surface area contributed by atoms with E-state index in [2.05, 4.69) is 26.2 Å². The third-order valence-corrected chi connectivity index (χ3v) is 3.34. The summed E-state index contributed by atoms with van der Waals surface area (Å²) in [5, 5.41) is 12.0. The van der Waals surface area contributed by atoms with Crippen LogP contribution in [0.2, 0.25) is 0 Å². The number of pyridine rings is 1. The highest BCUT2D eigenvalue weighted by Crippen LogP contribution is 2.31. The number of nitrogens with zero attached hydrogens (tertiary/aromatic N) is 1. The topological polar surface area (TPSA) is 97.5 Å². The Balaban J connectivity index is 2.40. The average Bonchev–Trinajstić information content (AvgIpc) is 2.43. The number of rotatable bonds is 4. The Hall–Kier alpha value is -2.28. The van der Waals surface area contributed by atoms with Crippen molar-refractivity contribution in [2.75, 3.05) is 18.2 Å². The highest BCUT2D eigenvalue weighted by molar-refractivity contribution is 9.10. The molecule has 1 aromatic heterocycles. The Morgan fingerprint density at radius 1 is 1.45 bits per heavy atom. The van der Waals surface area contributed by atoms with Gasteiger partial charge in [-0.1, -0.05) is 0 Å². The first-order valence-electron chi connectivity index (χ1n) is 5.61. The molecule has 1 aromatic carbocycles. The molecule has 1 heterocycles. The maximum Gasteiger partial charge on any atom is 0.337 e. The molecule has 0 unspecified atom stereocenters. The lowest BCUT2D eigenvalue weighted by Crippen LogP contribution is -2.07. The highest BCUT2D eigenvalue weighted by atomic mass is 79.9. The molecule has 0 radical (unpaired) electrons. The van der Waals surface area contributed by atoms with Crippen molar-refractivity contribution in [1.29, 1.82) is 0 Å². The first kappa shape index (κ1) is 14.1. The van der Waals surface area contributed by atoms with Crippen LogP contribution in [0.4, 0.5) is 17.2 Å². The Morgan fingerprint density at radius 3 is 2.85 bits per heavy atom. The van der Waals surface area contributed by atoms with Gasteiger partial charge < -0.3 is 20.9 Å². The number of halogens is 1. The molecule has 4 N–H and O–H groups in total. The molecule has 0 bridgehead atoms. The molecule has 0 fully saturated rings. The number of benzene rings is 1. The van der Waals surface area contributed by atoms with Gasteiger partial charge in [0.1, 0.15) is 5.75 Å². The quantitative estimate of drug-likeness (QED) is 0.793. The molecule has 0 saturated carbocycles. The number of nitrogens with one attached hydrogen (secondary N) is 1. The molecule has 0 atom stereocenters. The third kappa shape index (κ3) is 2.83. The number of nitrogens with two attached hydrogens (primary N) is 1. The number of hydrogen-bond donors (Lipinski definition) is 3. The van der Waals surface area contributed by atoms with E-state index in [1.807, 2.05) is 0 Å². The monoisotopic (exact) mass is 337 g/mol. The van der Waals surface area contributed by atoms with Crippen molar-refractivity contribution in [2.45, 2.75) is 0 Å². The van der Waals surface area contributed by atoms with Crippen LogP contribution in [0.3, 0.4) is 0 Å². The number of carbonyl (C=O) groups is 1. The van der Waals surface area contributed by atoms with E-state index in [0.717, 1.165) is 4.47 Å². The van der Waals surface area contributed by atoms with Crippen molar-refractivity contribution in [1.82, 2.24) is 4.98 Å². The minimum Gasteiger partial charge on any atom is -0.497 e. The summed E-state index contributed by atoms with van der Waals surface area (Å²) in [5.74, 6) is -0.167. The maximum atomic E-state index is 11.0. The van der Waals surface area contributed by atoms with Crippen molar-refractivity contribution in [3.63, 3.8) is 0 Å². The van der Waals surface area contributed by atoms with E-state index in [1.165, 1.54) is 12.3 Å². The molecule has 0 aliphatic carbocycles. The SMILES string of the molecule is COc1ccc(Br)c(Nc2nccc(C(=O)O)c2N)c1. The van der Waals surface area contributed by atoms with Crippen molar-refractivity contribution < 1.29 is 14.6 Å². The number of anilines is 3. The van der Waals surface area contributed by atoms with Gasteiger partial charge in [0.05, 0.1) is 24.0 Å². The highest BCUT2D eigenvalue weighted by Gasteiger charge is 2.13. The van der Waals surface area contributed by atoms with Crippen LogP contribution in [0.15, 0.2) is 34.9 Å². The van der Waals surface area contributed by atoms with Gasteiger partial charge in [0.15, 0.2) is 5.82 Å². The van der Waals surface area contributed by atoms with Crippen LogP contribution in [0.25, 0.3) is 0 Å². The standard InChI is InChI=1S/C13H12BrN3O3/c1-20-7-2-3-9(14)10(6-7)17-12-11(15)8(13(18)19)4-5-16-12/h2-6H,15H2,1H3,(H,16,17)(H,18,19). The predicted octanol–water partition coefficient (Wildman–Crippen LogP) is 2.88. The second kappa shape index (κ2) is 5.79. The number of hydrogen-bond acceptors (Lipinski definition) is 5. The summed E-state index contributed by atoms with van der Waals surface area (Å²) in [6, 6.07) is 6.69. The first-order valence-corrected chi connectivity index (χ1v) is 6.40. The number of carboxylic acid groups (broad SMARTS) is 1. The van der Waals surface area contributed by atoms with E-state index in [1.54, 1.807) is 25.3 Å². The first-order chi connectivity index (χ1) is 9.52. The summed E-state index contributed by atoms with van der Waals surface area (Å²) in [4.78, 5) is 15.1. The summed E-state index contributed by atoms with van der Waals surface area (Å²) < 4.78 is 5.91. The number of carboxylic acids is 1. The molecular formula is C13H12BrN3O3. The molecule has 0 aliphatic heterocycles. The van der Waals surface area contributed by atoms with Gasteiger partial charge >= 0.3 is 5.97 Å². The minimum atomic E-state index is -1.10. The normalized spacial score (nSPS) is 10.1. The van der Waals surface area contributed by atoms with Crippen molar-refractivity contribution in [3.8, 4) is 5.75 Å². The van der Waals surface area contributed by atoms with Crippen molar-refractivity contribution >= 4 is 39.1 Å². The fourth-order valence-electron chi connectivity index (χ4n) is 1.61. The fraction of sp³-hybridized carbons (Fsp3) is 0.0769. The Labute approximate surface area is 123 Å². The van der Waals surface area contributed by atoms with E-state index >= 15 is 0 Å². The van der Waals surface area contributed by atoms with Gasteiger partial charge in [0, 0.05) is 16.7 Å². The number of aromatic nitrogens is 1. The van der Waals surface area contributed by atoms with Gasteiger partial charge in [-0.25, -0.2) is 9.78 Å². The minimum absolute atomic E-state index is 0.00141. The molecule has 6 nitrogen and oxygen atoms in total. The summed E-state index contributed by atoms with van der Waals surface area (Å²) in [5.41, 5.74) is 6.55. The molecule has 2 rings (SSSR count). The van der Waals surface area contributed by atoms with Crippen molar-refractivity contribution in [3.05, 3.63) is 40.5 Å². The molecule has 0 aliphatic rings. The summed E-state index contributed by atoms with van der Waals surface area (Å²) in [6.45, 7) is 0. The maximum absolute atomic E-state index is 11.0. The fourth-order valence-corrected chi connectivity index (χ4v) is 1.96. The predicted molar refractivity (Wildman–Crippen MR) is 79.6 cm³/mol. The molecule has 2 aromatic rings.